The molecule has 0 amide bonds. The van der Waals surface area contributed by atoms with Crippen LogP contribution in [0.5, 0.6) is 0 Å². The summed E-state index contributed by atoms with van der Waals surface area (Å²) in [6, 6.07) is 1.36. The Morgan fingerprint density at radius 1 is 1.88 bits per heavy atom. The summed E-state index contributed by atoms with van der Waals surface area (Å²) < 4.78 is 13.1. The van der Waals surface area contributed by atoms with Gasteiger partial charge in [0, 0.05) is 0 Å². The van der Waals surface area contributed by atoms with Crippen molar-refractivity contribution in [2.45, 2.75) is 0 Å². The van der Waals surface area contributed by atoms with Gasteiger partial charge in [-0.25, -0.2) is 5.26 Å². The third-order valence-corrected chi connectivity index (χ3v) is 1.19. The van der Waals surface area contributed by atoms with Crippen LogP contribution in [0.3, 0.4) is 0 Å². The first-order valence-corrected chi connectivity index (χ1v) is 3.40. The summed E-state index contributed by atoms with van der Waals surface area (Å²) in [5.41, 5.74) is 0. The van der Waals surface area contributed by atoms with E-state index in [1.165, 1.54) is 6.07 Å². The van der Waals surface area contributed by atoms with Crippen LogP contribution < -0.4 is 0 Å². The Morgan fingerprint density at radius 2 is 2.38 bits per heavy atom. The fourth-order valence-electron chi connectivity index (χ4n) is 0.118. The van der Waals surface area contributed by atoms with E-state index >= 15 is 0 Å². The zero-order valence-corrected chi connectivity index (χ0v) is 4.71. The highest BCUT2D eigenvalue weighted by Gasteiger charge is 2.17. The standard InChI is InChI=1S/C2H4NO4P/c3-1-2-8(5,6)7-4/h4H,2H2,(H,5,6). The summed E-state index contributed by atoms with van der Waals surface area (Å²) in [5.74, 6) is 0. The molecule has 0 heterocycles. The third-order valence-electron chi connectivity index (χ3n) is 0.398. The number of nitriles is 1. The van der Waals surface area contributed by atoms with Gasteiger partial charge in [-0.2, -0.15) is 9.94 Å². The zero-order valence-electron chi connectivity index (χ0n) is 3.81. The van der Waals surface area contributed by atoms with E-state index in [1.54, 1.807) is 0 Å². The fraction of sp³-hybridized carbons (Fsp3) is 0.500. The Kier molecular flexibility index (Phi) is 2.66. The molecule has 1 unspecified atom stereocenters. The highest BCUT2D eigenvalue weighted by Crippen LogP contribution is 2.39. The van der Waals surface area contributed by atoms with Gasteiger partial charge in [0.15, 0.2) is 0 Å². The number of hydrogen-bond acceptors (Lipinski definition) is 4. The maximum absolute atomic E-state index is 10.0. The maximum atomic E-state index is 10.0. The van der Waals surface area contributed by atoms with E-state index in [-0.39, 0.29) is 0 Å². The van der Waals surface area contributed by atoms with Gasteiger partial charge >= 0.3 is 7.60 Å². The Balaban J connectivity index is 3.78. The Labute approximate surface area is 45.6 Å². The van der Waals surface area contributed by atoms with Crippen molar-refractivity contribution >= 4 is 7.60 Å². The van der Waals surface area contributed by atoms with E-state index in [2.05, 4.69) is 4.67 Å². The largest absolute Gasteiger partial charge is 0.368 e. The van der Waals surface area contributed by atoms with Crippen molar-refractivity contribution in [1.29, 1.82) is 5.26 Å². The molecular weight excluding hydrogens is 133 g/mol. The molecule has 0 aliphatic carbocycles. The topological polar surface area (TPSA) is 90.6 Å². The number of rotatable bonds is 2. The molecule has 8 heavy (non-hydrogen) atoms. The second kappa shape index (κ2) is 2.80. The molecule has 0 aromatic carbocycles. The van der Waals surface area contributed by atoms with Crippen LogP contribution in [0.25, 0.3) is 0 Å². The lowest BCUT2D eigenvalue weighted by molar-refractivity contribution is -0.145. The summed E-state index contributed by atoms with van der Waals surface area (Å²) in [6.45, 7) is 0. The first kappa shape index (κ1) is 7.60. The quantitative estimate of drug-likeness (QED) is 0.322. The van der Waals surface area contributed by atoms with Crippen LogP contribution in [0.1, 0.15) is 0 Å². The predicted molar refractivity (Wildman–Crippen MR) is 24.0 cm³/mol. The lowest BCUT2D eigenvalue weighted by Gasteiger charge is -1.97. The van der Waals surface area contributed by atoms with Gasteiger partial charge in [0.2, 0.25) is 0 Å². The molecule has 0 aromatic heterocycles. The van der Waals surface area contributed by atoms with E-state index < -0.39 is 13.8 Å². The Hall–Kier alpha value is -0.400. The molecule has 46 valence electrons. The second-order valence-corrected chi connectivity index (χ2v) is 2.79. The van der Waals surface area contributed by atoms with Crippen LogP contribution in [-0.4, -0.2) is 16.3 Å². The normalized spacial score (nSPS) is 16.6. The summed E-state index contributed by atoms with van der Waals surface area (Å²) in [7, 11) is -3.98. The van der Waals surface area contributed by atoms with Crippen LogP contribution in [-0.2, 0) is 9.24 Å². The Morgan fingerprint density at radius 3 is 2.50 bits per heavy atom. The van der Waals surface area contributed by atoms with Gasteiger partial charge < -0.3 is 4.89 Å². The number of hydrogen-bond donors (Lipinski definition) is 2. The fourth-order valence-corrected chi connectivity index (χ4v) is 0.355. The van der Waals surface area contributed by atoms with Crippen molar-refractivity contribution in [1.82, 2.24) is 0 Å². The van der Waals surface area contributed by atoms with E-state index in [4.69, 9.17) is 15.4 Å². The summed E-state index contributed by atoms with van der Waals surface area (Å²) in [5, 5.41) is 15.3. The highest BCUT2D eigenvalue weighted by molar-refractivity contribution is 7.52. The molecule has 0 saturated heterocycles. The van der Waals surface area contributed by atoms with Gasteiger partial charge in [-0.3, -0.25) is 4.57 Å². The third kappa shape index (κ3) is 2.72. The van der Waals surface area contributed by atoms with Crippen LogP contribution in [0.15, 0.2) is 0 Å². The first-order valence-electron chi connectivity index (χ1n) is 1.64. The average molecular weight is 137 g/mol. The van der Waals surface area contributed by atoms with Gasteiger partial charge in [-0.1, -0.05) is 0 Å². The minimum Gasteiger partial charge on any atom is -0.322 e. The molecule has 0 rings (SSSR count). The van der Waals surface area contributed by atoms with Crippen molar-refractivity contribution in [3.05, 3.63) is 0 Å². The minimum absolute atomic E-state index is 0.691. The lowest BCUT2D eigenvalue weighted by Crippen LogP contribution is -1.86. The lowest BCUT2D eigenvalue weighted by atomic mass is 10.9. The summed E-state index contributed by atoms with van der Waals surface area (Å²) in [6.07, 6.45) is -0.691. The predicted octanol–water partition coefficient (Wildman–Crippen LogP) is 0.185. The van der Waals surface area contributed by atoms with E-state index in [9.17, 15) is 4.57 Å². The molecule has 0 bridgehead atoms. The molecular formula is C2H4NO4P. The molecule has 0 aliphatic heterocycles. The monoisotopic (exact) mass is 137 g/mol. The average Bonchev–Trinajstić information content (AvgIpc) is 1.67. The van der Waals surface area contributed by atoms with Gasteiger partial charge in [0.1, 0.15) is 6.16 Å². The molecule has 0 fully saturated rings. The van der Waals surface area contributed by atoms with Crippen molar-refractivity contribution in [2.24, 2.45) is 0 Å². The van der Waals surface area contributed by atoms with Gasteiger partial charge in [0.25, 0.3) is 0 Å². The second-order valence-electron chi connectivity index (χ2n) is 1.04. The molecule has 0 aromatic rings. The van der Waals surface area contributed by atoms with Crippen molar-refractivity contribution < 1.29 is 19.4 Å². The zero-order chi connectivity index (χ0) is 6.62. The minimum atomic E-state index is -3.98. The van der Waals surface area contributed by atoms with Gasteiger partial charge in [-0.15, -0.1) is 0 Å². The smallest absolute Gasteiger partial charge is 0.322 e. The molecule has 0 saturated carbocycles. The molecule has 0 aliphatic rings. The maximum Gasteiger partial charge on any atom is 0.368 e. The van der Waals surface area contributed by atoms with Crippen LogP contribution >= 0.6 is 7.60 Å². The van der Waals surface area contributed by atoms with Gasteiger partial charge in [0.05, 0.1) is 6.07 Å². The molecule has 6 heteroatoms. The summed E-state index contributed by atoms with van der Waals surface area (Å²) in [4.78, 5) is 8.18. The van der Waals surface area contributed by atoms with Crippen LogP contribution in [0.2, 0.25) is 0 Å². The molecule has 1 atom stereocenters. The van der Waals surface area contributed by atoms with Crippen LogP contribution in [0, 0.1) is 11.3 Å². The molecule has 2 N–H and O–H groups in total. The molecule has 5 nitrogen and oxygen atoms in total. The van der Waals surface area contributed by atoms with E-state index in [0.717, 1.165) is 0 Å². The van der Waals surface area contributed by atoms with Crippen molar-refractivity contribution in [3.8, 4) is 6.07 Å². The molecule has 0 spiro atoms. The SMILES string of the molecule is N#CCP(=O)(O)OO. The van der Waals surface area contributed by atoms with Gasteiger partial charge in [-0.05, 0) is 0 Å². The highest BCUT2D eigenvalue weighted by atomic mass is 31.2. The van der Waals surface area contributed by atoms with Crippen molar-refractivity contribution in [3.63, 3.8) is 0 Å². The van der Waals surface area contributed by atoms with E-state index in [0.29, 0.717) is 0 Å². The molecule has 0 radical (unpaired) electrons. The first-order chi connectivity index (χ1) is 3.62. The summed E-state index contributed by atoms with van der Waals surface area (Å²) >= 11 is 0. The van der Waals surface area contributed by atoms with E-state index in [1.807, 2.05) is 0 Å². The number of nitrogens with zero attached hydrogens (tertiary/aromatic N) is 1. The Bertz CT molecular complexity index is 149. The van der Waals surface area contributed by atoms with Crippen LogP contribution in [0.4, 0.5) is 0 Å². The van der Waals surface area contributed by atoms with Crippen molar-refractivity contribution in [2.75, 3.05) is 6.16 Å².